The largest absolute Gasteiger partial charge is 0.393 e. The van der Waals surface area contributed by atoms with Gasteiger partial charge in [-0.25, -0.2) is 8.78 Å². The zero-order valence-corrected chi connectivity index (χ0v) is 16.8. The number of benzene rings is 1. The van der Waals surface area contributed by atoms with Crippen LogP contribution in [-0.2, 0) is 4.79 Å². The zero-order chi connectivity index (χ0) is 28.2. The number of hydrogen-bond acceptors (Lipinski definition) is 1. The summed E-state index contributed by atoms with van der Waals surface area (Å²) in [6, 6.07) is 2.90. The van der Waals surface area contributed by atoms with Crippen molar-refractivity contribution in [3.63, 3.8) is 0 Å². The van der Waals surface area contributed by atoms with Crippen molar-refractivity contribution in [3.8, 4) is 0 Å². The summed E-state index contributed by atoms with van der Waals surface area (Å²) in [5.41, 5.74) is -0.595. The molecule has 0 saturated heterocycles. The lowest BCUT2D eigenvalue weighted by Crippen LogP contribution is -2.74. The van der Waals surface area contributed by atoms with Crippen molar-refractivity contribution in [1.29, 1.82) is 0 Å². The highest BCUT2D eigenvalue weighted by Gasteiger charge is 2.94. The molecule has 1 N–H and O–H groups in total. The van der Waals surface area contributed by atoms with Gasteiger partial charge in [0.25, 0.3) is 0 Å². The van der Waals surface area contributed by atoms with E-state index < -0.39 is 59.5 Å². The molecule has 0 fully saturated rings. The highest BCUT2D eigenvalue weighted by Crippen LogP contribution is 2.62. The zero-order valence-electron chi connectivity index (χ0n) is 16.8. The van der Waals surface area contributed by atoms with Gasteiger partial charge in [-0.15, -0.1) is 0 Å². The van der Waals surface area contributed by atoms with Gasteiger partial charge in [-0.3, -0.25) is 4.79 Å². The van der Waals surface area contributed by atoms with Gasteiger partial charge in [-0.2, -0.15) is 61.5 Å². The van der Waals surface area contributed by atoms with Crippen molar-refractivity contribution < 1.29 is 75.0 Å². The van der Waals surface area contributed by atoms with E-state index in [9.17, 15) is 75.0 Å². The highest BCUT2D eigenvalue weighted by atomic mass is 19.4. The van der Waals surface area contributed by atoms with Gasteiger partial charge in [0, 0.05) is 5.69 Å². The van der Waals surface area contributed by atoms with Crippen molar-refractivity contribution in [2.75, 3.05) is 5.32 Å². The molecule has 0 aliphatic heterocycles. The summed E-state index contributed by atoms with van der Waals surface area (Å²) < 4.78 is 213. The van der Waals surface area contributed by atoms with E-state index in [1.54, 1.807) is 0 Å². The summed E-state index contributed by atoms with van der Waals surface area (Å²) >= 11 is 0. The van der Waals surface area contributed by atoms with Gasteiger partial charge in [0.1, 0.15) is 0 Å². The van der Waals surface area contributed by atoms with Gasteiger partial charge >= 0.3 is 53.8 Å². The molecule has 0 aliphatic rings. The Morgan fingerprint density at radius 2 is 1.09 bits per heavy atom. The van der Waals surface area contributed by atoms with E-state index in [-0.39, 0.29) is 5.56 Å². The molecule has 0 radical (unpaired) electrons. The number of carbonyl (C=O) groups excluding carboxylic acids is 1. The first-order valence-electron chi connectivity index (χ1n) is 8.56. The SMILES string of the molecule is Cc1ccc(NC(=O)C(F)(F)C(F)(F)C(F)(F)C(F)(F)C(F)(F)C(F)(F)C(F)(F)C(F)F)c(C)c1. The fourth-order valence-electron chi connectivity index (χ4n) is 2.43. The Hall–Kier alpha value is -2.43. The van der Waals surface area contributed by atoms with Gasteiger partial charge in [0.05, 0.1) is 0 Å². The van der Waals surface area contributed by atoms with Crippen molar-refractivity contribution >= 4 is 11.6 Å². The lowest BCUT2D eigenvalue weighted by molar-refractivity contribution is -0.443. The quantitative estimate of drug-likeness (QED) is 0.332. The number of nitrogens with one attached hydrogen (secondary N) is 1. The van der Waals surface area contributed by atoms with Crippen LogP contribution in [0.1, 0.15) is 11.1 Å². The highest BCUT2D eigenvalue weighted by molar-refractivity contribution is 5.97. The number of hydrogen-bond donors (Lipinski definition) is 1. The molecule has 0 spiro atoms. The second-order valence-corrected chi connectivity index (χ2v) is 7.14. The Morgan fingerprint density at radius 1 is 0.686 bits per heavy atom. The minimum absolute atomic E-state index is 0.185. The van der Waals surface area contributed by atoms with Crippen LogP contribution >= 0.6 is 0 Å². The molecule has 1 aromatic carbocycles. The molecule has 1 amide bonds. The summed E-state index contributed by atoms with van der Waals surface area (Å²) in [5, 5.41) is 0.914. The standard InChI is InChI=1S/C17H11F16NO/c1-6-3-4-8(7(2)5-6)34-10(35)12(22,23)14(26,27)16(30,31)17(32,33)15(28,29)13(24,25)11(20,21)9(18)19/h3-5,9H,1-2H3,(H,34,35). The molecule has 35 heavy (non-hydrogen) atoms. The molecule has 18 heteroatoms. The number of aryl methyl sites for hydroxylation is 2. The molecule has 0 saturated carbocycles. The minimum atomic E-state index is -8.55. The Labute approximate surface area is 184 Å². The van der Waals surface area contributed by atoms with Crippen LogP contribution in [0.15, 0.2) is 18.2 Å². The smallest absolute Gasteiger partial charge is 0.320 e. The van der Waals surface area contributed by atoms with Crippen molar-refractivity contribution in [3.05, 3.63) is 29.3 Å². The fraction of sp³-hybridized carbons (Fsp3) is 0.588. The molecule has 0 aliphatic carbocycles. The van der Waals surface area contributed by atoms with Crippen LogP contribution in [0.4, 0.5) is 75.9 Å². The second kappa shape index (κ2) is 8.60. The normalized spacial score (nSPS) is 14.9. The maximum atomic E-state index is 13.9. The van der Waals surface area contributed by atoms with Crippen LogP contribution < -0.4 is 5.32 Å². The predicted molar refractivity (Wildman–Crippen MR) is 85.2 cm³/mol. The van der Waals surface area contributed by atoms with Gasteiger partial charge in [-0.1, -0.05) is 17.7 Å². The molecule has 0 atom stereocenters. The number of alkyl halides is 16. The van der Waals surface area contributed by atoms with Crippen LogP contribution in [0.25, 0.3) is 0 Å². The Bertz CT molecular complexity index is 955. The first-order valence-corrected chi connectivity index (χ1v) is 8.56. The molecule has 0 unspecified atom stereocenters. The monoisotopic (exact) mass is 549 g/mol. The lowest BCUT2D eigenvalue weighted by Gasteiger charge is -2.42. The number of rotatable bonds is 9. The number of halogens is 16. The molecule has 1 rings (SSSR count). The summed E-state index contributed by atoms with van der Waals surface area (Å²) in [4.78, 5) is 11.5. The molecule has 202 valence electrons. The average Bonchev–Trinajstić information content (AvgIpc) is 2.68. The molecule has 0 heterocycles. The predicted octanol–water partition coefficient (Wildman–Crippen LogP) is 6.95. The van der Waals surface area contributed by atoms with Crippen LogP contribution in [-0.4, -0.2) is 53.8 Å². The van der Waals surface area contributed by atoms with Crippen molar-refractivity contribution in [1.82, 2.24) is 0 Å². The number of amides is 1. The van der Waals surface area contributed by atoms with Gasteiger partial charge < -0.3 is 5.32 Å². The fourth-order valence-corrected chi connectivity index (χ4v) is 2.43. The topological polar surface area (TPSA) is 29.1 Å². The molecule has 1 aromatic rings. The van der Waals surface area contributed by atoms with Crippen LogP contribution in [0.2, 0.25) is 0 Å². The van der Waals surface area contributed by atoms with Gasteiger partial charge in [0.15, 0.2) is 0 Å². The van der Waals surface area contributed by atoms with E-state index in [1.165, 1.54) is 6.92 Å². The third-order valence-corrected chi connectivity index (χ3v) is 4.58. The van der Waals surface area contributed by atoms with Gasteiger partial charge in [0.2, 0.25) is 0 Å². The maximum Gasteiger partial charge on any atom is 0.393 e. The van der Waals surface area contributed by atoms with E-state index in [2.05, 4.69) is 0 Å². The molecule has 0 aromatic heterocycles. The summed E-state index contributed by atoms with van der Waals surface area (Å²) in [6.07, 6.45) is -5.92. The lowest BCUT2D eigenvalue weighted by atomic mass is 9.89. The van der Waals surface area contributed by atoms with Crippen molar-refractivity contribution in [2.24, 2.45) is 0 Å². The Kier molecular flexibility index (Phi) is 7.52. The van der Waals surface area contributed by atoms with E-state index in [4.69, 9.17) is 0 Å². The third-order valence-electron chi connectivity index (χ3n) is 4.58. The first-order chi connectivity index (χ1) is 15.2. The van der Waals surface area contributed by atoms with E-state index in [0.29, 0.717) is 5.56 Å². The molecule has 2 nitrogen and oxygen atoms in total. The van der Waals surface area contributed by atoms with Crippen LogP contribution in [0.3, 0.4) is 0 Å². The Balaban J connectivity index is 3.56. The molecular weight excluding hydrogens is 538 g/mol. The summed E-state index contributed by atoms with van der Waals surface area (Å²) in [6.45, 7) is 2.45. The average molecular weight is 549 g/mol. The summed E-state index contributed by atoms with van der Waals surface area (Å²) in [7, 11) is 0. The molecular formula is C17H11F16NO. The summed E-state index contributed by atoms with van der Waals surface area (Å²) in [5.74, 6) is -59.7. The third kappa shape index (κ3) is 4.25. The number of anilines is 1. The Morgan fingerprint density at radius 3 is 1.49 bits per heavy atom. The minimum Gasteiger partial charge on any atom is -0.320 e. The van der Waals surface area contributed by atoms with Crippen molar-refractivity contribution in [2.45, 2.75) is 61.7 Å². The van der Waals surface area contributed by atoms with E-state index in [0.717, 1.165) is 30.4 Å². The number of carbonyl (C=O) groups is 1. The molecule has 0 bridgehead atoms. The van der Waals surface area contributed by atoms with Crippen LogP contribution in [0.5, 0.6) is 0 Å². The van der Waals surface area contributed by atoms with Crippen LogP contribution in [0, 0.1) is 13.8 Å². The maximum absolute atomic E-state index is 13.9. The van der Waals surface area contributed by atoms with E-state index >= 15 is 0 Å². The van der Waals surface area contributed by atoms with E-state index in [1.807, 2.05) is 0 Å². The first kappa shape index (κ1) is 30.6. The second-order valence-electron chi connectivity index (χ2n) is 7.14. The van der Waals surface area contributed by atoms with Gasteiger partial charge in [-0.05, 0) is 25.5 Å².